The first kappa shape index (κ1) is 21.9. The number of rotatable bonds is 7. The molecule has 7 rings (SSSR count). The molecule has 4 aliphatic carbocycles. The molecule has 0 spiro atoms. The van der Waals surface area contributed by atoms with E-state index in [1.165, 1.54) is 43.2 Å². The number of amides is 1. The van der Waals surface area contributed by atoms with Gasteiger partial charge in [0.1, 0.15) is 5.82 Å². The number of hydrogen-bond acceptors (Lipinski definition) is 5. The lowest BCUT2D eigenvalue weighted by Gasteiger charge is -2.60. The van der Waals surface area contributed by atoms with Gasteiger partial charge in [-0.1, -0.05) is 23.9 Å². The largest absolute Gasteiger partial charge is 0.461 e. The molecule has 6 nitrogen and oxygen atoms in total. The van der Waals surface area contributed by atoms with E-state index in [0.29, 0.717) is 29.0 Å². The maximum atomic E-state index is 13.8. The smallest absolute Gasteiger partial charge is 0.233 e. The summed E-state index contributed by atoms with van der Waals surface area (Å²) in [6, 6.07) is 10.3. The summed E-state index contributed by atoms with van der Waals surface area (Å²) in [5.41, 5.74) is 0.911. The minimum atomic E-state index is -0.248. The molecule has 2 aromatic heterocycles. The second-order valence-electron chi connectivity index (χ2n) is 10.4. The summed E-state index contributed by atoms with van der Waals surface area (Å²) in [5, 5.41) is 9.23. The number of hydrogen-bond donors (Lipinski definition) is 0. The molecule has 2 heterocycles. The summed E-state index contributed by atoms with van der Waals surface area (Å²) in [6.07, 6.45) is 8.87. The highest BCUT2D eigenvalue weighted by Gasteiger charge is 2.54. The van der Waals surface area contributed by atoms with Gasteiger partial charge >= 0.3 is 0 Å². The highest BCUT2D eigenvalue weighted by atomic mass is 32.2. The normalized spacial score (nSPS) is 27.3. The molecule has 8 heteroatoms. The van der Waals surface area contributed by atoms with Gasteiger partial charge in [0.2, 0.25) is 5.91 Å². The molecule has 1 aromatic carbocycles. The predicted octanol–water partition coefficient (Wildman–Crippen LogP) is 5.30. The first-order chi connectivity index (χ1) is 16.5. The predicted molar refractivity (Wildman–Crippen MR) is 127 cm³/mol. The molecule has 3 aromatic rings. The number of aromatic nitrogens is 3. The number of furan rings is 1. The van der Waals surface area contributed by atoms with Gasteiger partial charge in [-0.3, -0.25) is 4.79 Å². The Kier molecular flexibility index (Phi) is 5.51. The lowest BCUT2D eigenvalue weighted by Crippen LogP contribution is -2.61. The topological polar surface area (TPSA) is 64.2 Å². The van der Waals surface area contributed by atoms with Gasteiger partial charge in [0.05, 0.1) is 12.0 Å². The van der Waals surface area contributed by atoms with Gasteiger partial charge in [-0.2, -0.15) is 0 Å². The molecule has 0 unspecified atom stereocenters. The molecule has 1 amide bonds. The molecule has 178 valence electrons. The Morgan fingerprint density at radius 3 is 2.41 bits per heavy atom. The zero-order chi connectivity index (χ0) is 23.3. The van der Waals surface area contributed by atoms with Crippen molar-refractivity contribution in [1.29, 1.82) is 0 Å². The molecule has 0 radical (unpaired) electrons. The zero-order valence-corrected chi connectivity index (χ0v) is 20.1. The highest BCUT2D eigenvalue weighted by Crippen LogP contribution is 2.58. The summed E-state index contributed by atoms with van der Waals surface area (Å²) in [7, 11) is 1.89. The molecule has 0 aliphatic heterocycles. The van der Waals surface area contributed by atoms with Crippen molar-refractivity contribution in [3.8, 4) is 11.6 Å². The first-order valence-electron chi connectivity index (χ1n) is 12.1. The number of carbonyl (C=O) groups is 1. The van der Waals surface area contributed by atoms with Crippen molar-refractivity contribution in [2.45, 2.75) is 55.8 Å². The Bertz CT molecular complexity index is 1140. The third kappa shape index (κ3) is 3.96. The van der Waals surface area contributed by atoms with E-state index in [0.717, 1.165) is 42.6 Å². The molecule has 4 fully saturated rings. The molecular weight excluding hydrogens is 451 g/mol. The molecule has 34 heavy (non-hydrogen) atoms. The van der Waals surface area contributed by atoms with E-state index in [1.807, 2.05) is 35.9 Å². The quantitative estimate of drug-likeness (QED) is 0.429. The van der Waals surface area contributed by atoms with Crippen LogP contribution >= 0.6 is 11.8 Å². The van der Waals surface area contributed by atoms with Crippen LogP contribution in [0.15, 0.2) is 52.2 Å². The van der Waals surface area contributed by atoms with E-state index in [9.17, 15) is 9.18 Å². The maximum Gasteiger partial charge on any atom is 0.233 e. The minimum absolute atomic E-state index is 0.0694. The number of benzene rings is 1. The van der Waals surface area contributed by atoms with E-state index in [2.05, 4.69) is 15.1 Å². The summed E-state index contributed by atoms with van der Waals surface area (Å²) < 4.78 is 20.9. The van der Waals surface area contributed by atoms with Gasteiger partial charge in [-0.15, -0.1) is 10.2 Å². The van der Waals surface area contributed by atoms with Crippen LogP contribution < -0.4 is 0 Å². The zero-order valence-electron chi connectivity index (χ0n) is 19.3. The van der Waals surface area contributed by atoms with Crippen molar-refractivity contribution in [3.63, 3.8) is 0 Å². The summed E-state index contributed by atoms with van der Waals surface area (Å²) >= 11 is 1.42. The van der Waals surface area contributed by atoms with Crippen LogP contribution in [0, 0.1) is 23.6 Å². The monoisotopic (exact) mass is 480 g/mol. The Morgan fingerprint density at radius 2 is 1.79 bits per heavy atom. The molecule has 0 saturated heterocycles. The Morgan fingerprint density at radius 1 is 1.12 bits per heavy atom. The summed E-state index contributed by atoms with van der Waals surface area (Å²) in [6.45, 7) is 0.530. The average Bonchev–Trinajstić information content (AvgIpc) is 3.46. The van der Waals surface area contributed by atoms with Crippen LogP contribution in [-0.2, 0) is 18.4 Å². The first-order valence-corrected chi connectivity index (χ1v) is 13.1. The summed E-state index contributed by atoms with van der Waals surface area (Å²) in [4.78, 5) is 15.9. The van der Waals surface area contributed by atoms with Crippen LogP contribution in [0.5, 0.6) is 0 Å². The molecule has 4 aliphatic rings. The van der Waals surface area contributed by atoms with Gasteiger partial charge < -0.3 is 13.9 Å². The molecular formula is C26H29FN4O2S. The van der Waals surface area contributed by atoms with E-state index in [4.69, 9.17) is 4.42 Å². The lowest BCUT2D eigenvalue weighted by atomic mass is 9.52. The van der Waals surface area contributed by atoms with Crippen LogP contribution in [0.2, 0.25) is 0 Å². The fourth-order valence-electron chi connectivity index (χ4n) is 6.95. The number of nitrogens with zero attached hydrogens (tertiary/aromatic N) is 4. The van der Waals surface area contributed by atoms with E-state index in [-0.39, 0.29) is 17.3 Å². The van der Waals surface area contributed by atoms with Gasteiger partial charge in [0.25, 0.3) is 0 Å². The number of carbonyl (C=O) groups excluding carboxylic acids is 1. The lowest BCUT2D eigenvalue weighted by molar-refractivity contribution is -0.149. The van der Waals surface area contributed by atoms with Crippen LogP contribution in [-0.4, -0.2) is 36.9 Å². The van der Waals surface area contributed by atoms with Crippen molar-refractivity contribution in [1.82, 2.24) is 19.7 Å². The van der Waals surface area contributed by atoms with Gasteiger partial charge in [-0.05, 0) is 86.1 Å². The Hall–Kier alpha value is -2.61. The van der Waals surface area contributed by atoms with Crippen LogP contribution in [0.4, 0.5) is 4.39 Å². The van der Waals surface area contributed by atoms with Gasteiger partial charge in [0, 0.05) is 19.1 Å². The average molecular weight is 481 g/mol. The fraction of sp³-hybridized carbons (Fsp3) is 0.500. The number of thioether (sulfide) groups is 1. The van der Waals surface area contributed by atoms with E-state index >= 15 is 0 Å². The second kappa shape index (κ2) is 8.56. The SMILES string of the molecule is Cn1c(SCC(=O)N(Cc2ccc(F)cc2)C23CC4CC(CC(C4)C2)C3)nnc1-c1ccco1. The standard InChI is InChI=1S/C26H29FN4O2S/c1-30-24(22-3-2-8-33-22)28-29-25(30)34-16-23(32)31(15-17-4-6-21(27)7-5-17)26-12-18-9-19(13-26)11-20(10-18)14-26/h2-8,18-20H,9-16H2,1H3. The Balaban J connectivity index is 1.24. The van der Waals surface area contributed by atoms with Crippen molar-refractivity contribution < 1.29 is 13.6 Å². The third-order valence-electron chi connectivity index (χ3n) is 8.03. The van der Waals surface area contributed by atoms with Gasteiger partial charge in [0.15, 0.2) is 16.7 Å². The van der Waals surface area contributed by atoms with Crippen molar-refractivity contribution >= 4 is 17.7 Å². The summed E-state index contributed by atoms with van der Waals surface area (Å²) in [5.74, 6) is 3.67. The Labute approximate surface area is 202 Å². The third-order valence-corrected chi connectivity index (χ3v) is 9.04. The van der Waals surface area contributed by atoms with Crippen LogP contribution in [0.1, 0.15) is 44.1 Å². The second-order valence-corrected chi connectivity index (χ2v) is 11.3. The van der Waals surface area contributed by atoms with Crippen molar-refractivity contribution in [2.75, 3.05) is 5.75 Å². The minimum Gasteiger partial charge on any atom is -0.461 e. The highest BCUT2D eigenvalue weighted by molar-refractivity contribution is 7.99. The van der Waals surface area contributed by atoms with E-state index in [1.54, 1.807) is 6.26 Å². The van der Waals surface area contributed by atoms with E-state index < -0.39 is 0 Å². The molecule has 0 atom stereocenters. The molecule has 4 bridgehead atoms. The molecule has 4 saturated carbocycles. The van der Waals surface area contributed by atoms with Crippen LogP contribution in [0.25, 0.3) is 11.6 Å². The number of halogens is 1. The molecule has 0 N–H and O–H groups in total. The fourth-order valence-corrected chi connectivity index (χ4v) is 7.74. The van der Waals surface area contributed by atoms with Crippen molar-refractivity contribution in [2.24, 2.45) is 24.8 Å². The maximum absolute atomic E-state index is 13.8. The van der Waals surface area contributed by atoms with Gasteiger partial charge in [-0.25, -0.2) is 4.39 Å². The van der Waals surface area contributed by atoms with Crippen molar-refractivity contribution in [3.05, 3.63) is 54.0 Å². The van der Waals surface area contributed by atoms with Crippen LogP contribution in [0.3, 0.4) is 0 Å².